The van der Waals surface area contributed by atoms with E-state index in [4.69, 9.17) is 0 Å². The van der Waals surface area contributed by atoms with E-state index in [0.29, 0.717) is 0 Å². The second-order valence-electron chi connectivity index (χ2n) is 6.07. The molecule has 0 saturated heterocycles. The number of hydrogen-bond donors (Lipinski definition) is 0. The summed E-state index contributed by atoms with van der Waals surface area (Å²) in [7, 11) is -1.66. The van der Waals surface area contributed by atoms with Crippen LogP contribution in [0.3, 0.4) is 0 Å². The van der Waals surface area contributed by atoms with Gasteiger partial charge in [0.2, 0.25) is 0 Å². The summed E-state index contributed by atoms with van der Waals surface area (Å²) in [5, 5.41) is 0. The first-order chi connectivity index (χ1) is 5.07. The molecule has 0 aliphatic heterocycles. The summed E-state index contributed by atoms with van der Waals surface area (Å²) in [5.41, 5.74) is 0.994. The first-order valence-electron chi connectivity index (χ1n) is 4.94. The van der Waals surface area contributed by atoms with Crippen LogP contribution in [-0.4, -0.2) is 23.0 Å². The van der Waals surface area contributed by atoms with Gasteiger partial charge in [-0.2, -0.15) is 5.54 Å². The average molecular weight is 218 g/mol. The van der Waals surface area contributed by atoms with Crippen LogP contribution in [0.5, 0.6) is 0 Å². The monoisotopic (exact) mass is 217 g/mol. The fourth-order valence-electron chi connectivity index (χ4n) is 2.86. The molecule has 0 unspecified atom stereocenters. The molecule has 0 aromatic rings. The van der Waals surface area contributed by atoms with E-state index in [-0.39, 0.29) is 7.83 Å². The molecule has 0 spiro atoms. The van der Waals surface area contributed by atoms with Gasteiger partial charge in [-0.25, -0.2) is 0 Å². The molecule has 74 valence electrons. The summed E-state index contributed by atoms with van der Waals surface area (Å²) in [6, 6.07) is 0. The van der Waals surface area contributed by atoms with Crippen LogP contribution in [-0.2, 0) is 0 Å². The summed E-state index contributed by atoms with van der Waals surface area (Å²) >= 11 is 0. The van der Waals surface area contributed by atoms with Gasteiger partial charge in [0.1, 0.15) is 0 Å². The highest BCUT2D eigenvalue weighted by atomic mass is 29.6. The molecule has 0 aromatic carbocycles. The van der Waals surface area contributed by atoms with Crippen molar-refractivity contribution in [3.63, 3.8) is 0 Å². The molecule has 0 bridgehead atoms. The Labute approximate surface area is 82.0 Å². The third kappa shape index (κ3) is 3.58. The predicted molar refractivity (Wildman–Crippen MR) is 67.5 cm³/mol. The molecule has 12 heavy (non-hydrogen) atoms. The maximum atomic E-state index is 2.57. The quantitative estimate of drug-likeness (QED) is 0.632. The highest BCUT2D eigenvalue weighted by molar-refractivity contribution is 7.60. The Morgan fingerprint density at radius 2 is 1.00 bits per heavy atom. The smallest absolute Gasteiger partial charge is 0.0934 e. The molecular formula is C9H25Si3-. The van der Waals surface area contributed by atoms with Crippen LogP contribution >= 0.6 is 0 Å². The second kappa shape index (κ2) is 3.80. The molecule has 0 radical (unpaired) electrons. The van der Waals surface area contributed by atoms with Crippen LogP contribution in [0.15, 0.2) is 0 Å². The summed E-state index contributed by atoms with van der Waals surface area (Å²) in [6.45, 7) is 20.3. The maximum Gasteiger partial charge on any atom is -0.0934 e. The lowest BCUT2D eigenvalue weighted by atomic mass is 10.6. The lowest BCUT2D eigenvalue weighted by Gasteiger charge is -2.54. The zero-order chi connectivity index (χ0) is 10.2. The van der Waals surface area contributed by atoms with Crippen molar-refractivity contribution in [2.24, 2.45) is 0 Å². The van der Waals surface area contributed by atoms with E-state index in [0.717, 1.165) is 5.54 Å². The van der Waals surface area contributed by atoms with Gasteiger partial charge in [-0.1, -0.05) is 53.1 Å². The van der Waals surface area contributed by atoms with Crippen LogP contribution in [0, 0.1) is 0 Å². The first kappa shape index (κ1) is 12.7. The summed E-state index contributed by atoms with van der Waals surface area (Å²) in [5.74, 6) is 0. The fourth-order valence-corrected chi connectivity index (χ4v) is 46.0. The highest BCUT2D eigenvalue weighted by Gasteiger charge is 2.25. The van der Waals surface area contributed by atoms with Gasteiger partial charge < -0.3 is 0 Å². The van der Waals surface area contributed by atoms with E-state index in [1.807, 2.05) is 0 Å². The molecule has 0 amide bonds. The molecule has 0 aliphatic carbocycles. The van der Waals surface area contributed by atoms with Gasteiger partial charge in [-0.15, -0.1) is 15.2 Å². The van der Waals surface area contributed by atoms with Crippen LogP contribution in [0.2, 0.25) is 44.8 Å². The van der Waals surface area contributed by atoms with Crippen molar-refractivity contribution in [3.05, 3.63) is 0 Å². The third-order valence-electron chi connectivity index (χ3n) is 2.19. The van der Waals surface area contributed by atoms with Gasteiger partial charge in [0, 0.05) is 0 Å². The number of rotatable bonds is 3. The van der Waals surface area contributed by atoms with Crippen molar-refractivity contribution >= 4 is 23.0 Å². The molecule has 0 fully saturated rings. The molecule has 0 rings (SSSR count). The van der Waals surface area contributed by atoms with Gasteiger partial charge in [-0.3, -0.25) is 7.83 Å². The van der Waals surface area contributed by atoms with Crippen LogP contribution in [0.25, 0.3) is 0 Å². The van der Waals surface area contributed by atoms with Gasteiger partial charge >= 0.3 is 0 Å². The molecule has 3 heteroatoms. The van der Waals surface area contributed by atoms with Gasteiger partial charge in [-0.05, 0) is 0 Å². The zero-order valence-electron chi connectivity index (χ0n) is 10.1. The Bertz CT molecular complexity index is 125. The Morgan fingerprint density at radius 3 is 1.00 bits per heavy atom. The molecule has 0 heterocycles. The summed E-state index contributed by atoms with van der Waals surface area (Å²) in [6.07, 6.45) is 0. The second-order valence-corrected chi connectivity index (χ2v) is 30.8. The van der Waals surface area contributed by atoms with Crippen molar-refractivity contribution in [2.75, 3.05) is 0 Å². The normalized spacial score (nSPS) is 14.5. The van der Waals surface area contributed by atoms with E-state index in [1.54, 1.807) is 0 Å². The molecular weight excluding hydrogens is 192 g/mol. The van der Waals surface area contributed by atoms with Crippen molar-refractivity contribution in [2.45, 2.75) is 58.7 Å². The molecule has 0 saturated carbocycles. The van der Waals surface area contributed by atoms with Gasteiger partial charge in [0.25, 0.3) is 0 Å². The van der Waals surface area contributed by atoms with Crippen molar-refractivity contribution in [3.8, 4) is 0 Å². The Hall–Kier alpha value is 0.651. The van der Waals surface area contributed by atoms with Crippen molar-refractivity contribution in [1.82, 2.24) is 0 Å². The van der Waals surface area contributed by atoms with Crippen LogP contribution in [0.4, 0.5) is 0 Å². The van der Waals surface area contributed by atoms with Crippen LogP contribution < -0.4 is 0 Å². The van der Waals surface area contributed by atoms with E-state index >= 15 is 0 Å². The SMILES string of the molecule is CC(C)[Si-]([Si](C)(C)C)[Si](C)(C)C. The lowest BCUT2D eigenvalue weighted by molar-refractivity contribution is 1.06. The Morgan fingerprint density at radius 1 is 0.750 bits per heavy atom. The molecule has 0 aliphatic rings. The molecule has 0 aromatic heterocycles. The van der Waals surface area contributed by atoms with Crippen LogP contribution in [0.1, 0.15) is 13.8 Å². The molecule has 0 N–H and O–H groups in total. The predicted octanol–water partition coefficient (Wildman–Crippen LogP) is 3.72. The number of hydrogen-bond acceptors (Lipinski definition) is 0. The van der Waals surface area contributed by atoms with Gasteiger partial charge in [0.15, 0.2) is 0 Å². The minimum atomic E-state index is -0.822. The Balaban J connectivity index is 4.70. The fraction of sp³-hybridized carbons (Fsp3) is 1.00. The maximum absolute atomic E-state index is 2.57. The Kier molecular flexibility index (Phi) is 4.01. The van der Waals surface area contributed by atoms with E-state index in [1.165, 1.54) is 0 Å². The summed E-state index contributed by atoms with van der Waals surface area (Å²) < 4.78 is 0. The van der Waals surface area contributed by atoms with E-state index in [9.17, 15) is 0 Å². The van der Waals surface area contributed by atoms with E-state index < -0.39 is 15.2 Å². The molecule has 0 nitrogen and oxygen atoms in total. The van der Waals surface area contributed by atoms with Gasteiger partial charge in [0.05, 0.1) is 0 Å². The minimum Gasteiger partial charge on any atom is -0.251 e. The van der Waals surface area contributed by atoms with Crippen molar-refractivity contribution < 1.29 is 0 Å². The lowest BCUT2D eigenvalue weighted by Crippen LogP contribution is -2.60. The standard InChI is InChI=1S/C9H25Si3/c1-9(2)10(11(3,4)5)12(6,7)8/h9H,1-8H3/q-1. The van der Waals surface area contributed by atoms with Crippen molar-refractivity contribution in [1.29, 1.82) is 0 Å². The minimum absolute atomic E-state index is 0.0149. The topological polar surface area (TPSA) is 0 Å². The third-order valence-corrected chi connectivity index (χ3v) is 33.2. The summed E-state index contributed by atoms with van der Waals surface area (Å²) in [4.78, 5) is 0. The largest absolute Gasteiger partial charge is 0.251 e. The van der Waals surface area contributed by atoms with E-state index in [2.05, 4.69) is 53.1 Å². The molecule has 0 atom stereocenters. The first-order valence-corrected chi connectivity index (χ1v) is 15.5. The highest BCUT2D eigenvalue weighted by Crippen LogP contribution is 2.26. The average Bonchev–Trinajstić information content (AvgIpc) is 1.49. The zero-order valence-corrected chi connectivity index (χ0v) is 13.1.